The molecular formula is C16H26N4O3. The molecule has 0 aromatic carbocycles. The molecule has 3 rings (SSSR count). The van der Waals surface area contributed by atoms with E-state index in [0.29, 0.717) is 30.1 Å². The molecule has 0 bridgehead atoms. The number of amides is 1. The van der Waals surface area contributed by atoms with Gasteiger partial charge in [0.25, 0.3) is 0 Å². The number of likely N-dealkylation sites (tertiary alicyclic amines) is 1. The second-order valence-corrected chi connectivity index (χ2v) is 7.68. The van der Waals surface area contributed by atoms with Gasteiger partial charge in [0.15, 0.2) is 5.82 Å². The molecule has 1 aliphatic heterocycles. The fourth-order valence-corrected chi connectivity index (χ4v) is 3.72. The minimum absolute atomic E-state index is 0.198. The van der Waals surface area contributed by atoms with E-state index in [2.05, 4.69) is 20.4 Å². The van der Waals surface area contributed by atoms with Crippen molar-refractivity contribution in [3.8, 4) is 0 Å². The molecule has 128 valence electrons. The van der Waals surface area contributed by atoms with Crippen molar-refractivity contribution in [2.24, 2.45) is 11.8 Å². The first-order valence-corrected chi connectivity index (χ1v) is 8.31. The van der Waals surface area contributed by atoms with Gasteiger partial charge in [-0.15, -0.1) is 0 Å². The molecule has 1 aromatic heterocycles. The Hall–Kier alpha value is -1.63. The normalized spacial score (nSPS) is 27.9. The number of ether oxygens (including phenoxy) is 1. The molecule has 0 spiro atoms. The van der Waals surface area contributed by atoms with Gasteiger partial charge in [0.05, 0.1) is 6.54 Å². The van der Waals surface area contributed by atoms with Crippen molar-refractivity contribution in [2.45, 2.75) is 58.7 Å². The zero-order valence-electron chi connectivity index (χ0n) is 14.3. The van der Waals surface area contributed by atoms with E-state index in [4.69, 9.17) is 9.26 Å². The molecule has 1 saturated carbocycles. The molecule has 0 unspecified atom stereocenters. The number of nitrogens with one attached hydrogen (secondary N) is 1. The van der Waals surface area contributed by atoms with Crippen LogP contribution in [0.25, 0.3) is 0 Å². The second-order valence-electron chi connectivity index (χ2n) is 7.68. The van der Waals surface area contributed by atoms with Gasteiger partial charge in [-0.1, -0.05) is 5.16 Å². The summed E-state index contributed by atoms with van der Waals surface area (Å²) >= 11 is 0. The van der Waals surface area contributed by atoms with Gasteiger partial charge < -0.3 is 14.6 Å². The van der Waals surface area contributed by atoms with Gasteiger partial charge in [0.2, 0.25) is 5.89 Å². The van der Waals surface area contributed by atoms with Crippen molar-refractivity contribution in [1.82, 2.24) is 20.4 Å². The lowest BCUT2D eigenvalue weighted by atomic mass is 9.98. The highest BCUT2D eigenvalue weighted by Gasteiger charge is 2.43. The first-order chi connectivity index (χ1) is 10.8. The molecule has 2 fully saturated rings. The Kier molecular flexibility index (Phi) is 4.31. The third-order valence-corrected chi connectivity index (χ3v) is 4.56. The Balaban J connectivity index is 1.53. The number of hydrogen-bond donors (Lipinski definition) is 1. The van der Waals surface area contributed by atoms with E-state index < -0.39 is 5.60 Å². The minimum Gasteiger partial charge on any atom is -0.444 e. The zero-order chi connectivity index (χ0) is 16.6. The maximum absolute atomic E-state index is 12.0. The van der Waals surface area contributed by atoms with Gasteiger partial charge in [-0.05, 0) is 52.4 Å². The molecule has 2 aliphatic rings. The summed E-state index contributed by atoms with van der Waals surface area (Å²) in [6.45, 7) is 10.1. The molecule has 7 heteroatoms. The summed E-state index contributed by atoms with van der Waals surface area (Å²) in [7, 11) is 0. The van der Waals surface area contributed by atoms with Crippen molar-refractivity contribution >= 4 is 6.09 Å². The molecule has 1 aromatic rings. The number of carbonyl (C=O) groups is 1. The summed E-state index contributed by atoms with van der Waals surface area (Å²) < 4.78 is 10.6. The standard InChI is InChI=1S/C16H26N4O3/c1-10-17-14(23-19-10)9-20-7-11-5-6-13(12(11)8-20)18-15(21)22-16(2,3)4/h11-13H,5-9H2,1-4H3,(H,18,21)/t11-,12-,13-/m0/s1. The largest absolute Gasteiger partial charge is 0.444 e. The topological polar surface area (TPSA) is 80.5 Å². The van der Waals surface area contributed by atoms with Crippen LogP contribution in [0.2, 0.25) is 0 Å². The lowest BCUT2D eigenvalue weighted by Crippen LogP contribution is -2.42. The smallest absolute Gasteiger partial charge is 0.407 e. The summed E-state index contributed by atoms with van der Waals surface area (Å²) in [4.78, 5) is 18.6. The first-order valence-electron chi connectivity index (χ1n) is 8.31. The summed E-state index contributed by atoms with van der Waals surface area (Å²) in [6, 6.07) is 0.198. The molecule has 0 radical (unpaired) electrons. The summed E-state index contributed by atoms with van der Waals surface area (Å²) in [6.07, 6.45) is 1.86. The number of carbonyl (C=O) groups excluding carboxylic acids is 1. The number of rotatable bonds is 3. The number of aromatic nitrogens is 2. The van der Waals surface area contributed by atoms with Crippen molar-refractivity contribution in [1.29, 1.82) is 0 Å². The van der Waals surface area contributed by atoms with Gasteiger partial charge in [-0.2, -0.15) is 4.98 Å². The number of alkyl carbamates (subject to hydrolysis) is 1. The summed E-state index contributed by atoms with van der Waals surface area (Å²) in [5, 5.41) is 6.89. The Labute approximate surface area is 136 Å². The highest BCUT2D eigenvalue weighted by atomic mass is 16.6. The van der Waals surface area contributed by atoms with Gasteiger partial charge in [-0.25, -0.2) is 4.79 Å². The van der Waals surface area contributed by atoms with E-state index >= 15 is 0 Å². The first kappa shape index (κ1) is 16.2. The maximum atomic E-state index is 12.0. The van der Waals surface area contributed by atoms with E-state index in [1.807, 2.05) is 27.7 Å². The molecule has 2 heterocycles. The highest BCUT2D eigenvalue weighted by Crippen LogP contribution is 2.38. The van der Waals surface area contributed by atoms with Crippen LogP contribution in [0.1, 0.15) is 45.3 Å². The Morgan fingerprint density at radius 3 is 2.83 bits per heavy atom. The Morgan fingerprint density at radius 1 is 1.39 bits per heavy atom. The SMILES string of the molecule is Cc1noc(CN2C[C@@H]3CC[C@H](NC(=O)OC(C)(C)C)[C@H]3C2)n1. The molecule has 3 atom stereocenters. The number of aryl methyl sites for hydroxylation is 1. The minimum atomic E-state index is -0.459. The molecule has 23 heavy (non-hydrogen) atoms. The van der Waals surface area contributed by atoms with Crippen molar-refractivity contribution in [3.05, 3.63) is 11.7 Å². The van der Waals surface area contributed by atoms with E-state index in [9.17, 15) is 4.79 Å². The van der Waals surface area contributed by atoms with Gasteiger partial charge in [0.1, 0.15) is 5.60 Å². The third-order valence-electron chi connectivity index (χ3n) is 4.56. The monoisotopic (exact) mass is 322 g/mol. The molecular weight excluding hydrogens is 296 g/mol. The number of nitrogens with zero attached hydrogens (tertiary/aromatic N) is 3. The average molecular weight is 322 g/mol. The van der Waals surface area contributed by atoms with Gasteiger partial charge in [-0.3, -0.25) is 4.90 Å². The molecule has 1 amide bonds. The molecule has 7 nitrogen and oxygen atoms in total. The van der Waals surface area contributed by atoms with Crippen LogP contribution in [0.3, 0.4) is 0 Å². The predicted octanol–water partition coefficient (Wildman–Crippen LogP) is 2.11. The van der Waals surface area contributed by atoms with E-state index in [1.54, 1.807) is 0 Å². The molecule has 1 N–H and O–H groups in total. The van der Waals surface area contributed by atoms with Crippen LogP contribution in [-0.4, -0.2) is 45.9 Å². The quantitative estimate of drug-likeness (QED) is 0.918. The number of hydrogen-bond acceptors (Lipinski definition) is 6. The van der Waals surface area contributed by atoms with Gasteiger partial charge >= 0.3 is 6.09 Å². The predicted molar refractivity (Wildman–Crippen MR) is 83.7 cm³/mol. The lowest BCUT2D eigenvalue weighted by Gasteiger charge is -2.24. The third kappa shape index (κ3) is 4.02. The molecule has 1 aliphatic carbocycles. The summed E-state index contributed by atoms with van der Waals surface area (Å²) in [5.41, 5.74) is -0.459. The summed E-state index contributed by atoms with van der Waals surface area (Å²) in [5.74, 6) is 2.44. The van der Waals surface area contributed by atoms with Crippen molar-refractivity contribution < 1.29 is 14.1 Å². The fourth-order valence-electron chi connectivity index (χ4n) is 3.72. The second kappa shape index (κ2) is 6.11. The zero-order valence-corrected chi connectivity index (χ0v) is 14.3. The highest BCUT2D eigenvalue weighted by molar-refractivity contribution is 5.68. The van der Waals surface area contributed by atoms with Crippen LogP contribution in [-0.2, 0) is 11.3 Å². The Morgan fingerprint density at radius 2 is 2.17 bits per heavy atom. The van der Waals surface area contributed by atoms with Crippen LogP contribution in [0, 0.1) is 18.8 Å². The van der Waals surface area contributed by atoms with Crippen molar-refractivity contribution in [2.75, 3.05) is 13.1 Å². The van der Waals surface area contributed by atoms with Crippen LogP contribution in [0.5, 0.6) is 0 Å². The maximum Gasteiger partial charge on any atom is 0.407 e. The van der Waals surface area contributed by atoms with Crippen LogP contribution in [0.4, 0.5) is 4.79 Å². The van der Waals surface area contributed by atoms with E-state index in [1.165, 1.54) is 0 Å². The lowest BCUT2D eigenvalue weighted by molar-refractivity contribution is 0.0491. The van der Waals surface area contributed by atoms with Crippen LogP contribution >= 0.6 is 0 Å². The van der Waals surface area contributed by atoms with Gasteiger partial charge in [0, 0.05) is 19.1 Å². The average Bonchev–Trinajstić information content (AvgIpc) is 3.06. The van der Waals surface area contributed by atoms with Crippen molar-refractivity contribution in [3.63, 3.8) is 0 Å². The van der Waals surface area contributed by atoms with Crippen LogP contribution in [0.15, 0.2) is 4.52 Å². The Bertz CT molecular complexity index is 566. The number of fused-ring (bicyclic) bond motifs is 1. The van der Waals surface area contributed by atoms with E-state index in [-0.39, 0.29) is 12.1 Å². The molecule has 1 saturated heterocycles. The van der Waals surface area contributed by atoms with E-state index in [0.717, 1.165) is 25.9 Å². The fraction of sp³-hybridized carbons (Fsp3) is 0.812. The van der Waals surface area contributed by atoms with Crippen LogP contribution < -0.4 is 5.32 Å².